The summed E-state index contributed by atoms with van der Waals surface area (Å²) in [5.74, 6) is -0.829. The van der Waals surface area contributed by atoms with Gasteiger partial charge in [-0.05, 0) is 19.6 Å². The quantitative estimate of drug-likeness (QED) is 0.862. The summed E-state index contributed by atoms with van der Waals surface area (Å²) >= 11 is 1.36. The van der Waals surface area contributed by atoms with Gasteiger partial charge in [-0.15, -0.1) is 11.3 Å². The summed E-state index contributed by atoms with van der Waals surface area (Å²) in [6, 6.07) is 0. The van der Waals surface area contributed by atoms with Crippen LogP contribution < -0.4 is 0 Å². The largest absolute Gasteiger partial charge is 0.481 e. The van der Waals surface area contributed by atoms with E-state index in [1.54, 1.807) is 11.6 Å². The standard InChI is InChI=1S/C6H15N.C5H5NO2S/c1-4-7(5-2)6-3;7-5(8)3-4-6-1-2-9-4/h4-6H2,1-3H3;1-2H,3H2,(H,7,8). The molecule has 92 valence electrons. The van der Waals surface area contributed by atoms with Crippen molar-refractivity contribution in [3.8, 4) is 0 Å². The second kappa shape index (κ2) is 9.30. The van der Waals surface area contributed by atoms with E-state index in [1.165, 1.54) is 31.0 Å². The summed E-state index contributed by atoms with van der Waals surface area (Å²) in [6.07, 6.45) is 1.64. The Balaban J connectivity index is 0.000000293. The Morgan fingerprint density at radius 3 is 2.19 bits per heavy atom. The molecule has 0 saturated heterocycles. The molecule has 1 aromatic rings. The molecule has 16 heavy (non-hydrogen) atoms. The number of nitrogens with zero attached hydrogens (tertiary/aromatic N) is 2. The summed E-state index contributed by atoms with van der Waals surface area (Å²) in [7, 11) is 0. The molecule has 0 radical (unpaired) electrons. The van der Waals surface area contributed by atoms with Crippen LogP contribution in [0.4, 0.5) is 0 Å². The van der Waals surface area contributed by atoms with Crippen LogP contribution in [0.1, 0.15) is 25.8 Å². The maximum Gasteiger partial charge on any atom is 0.310 e. The molecule has 0 aromatic carbocycles. The van der Waals surface area contributed by atoms with Gasteiger partial charge in [0.2, 0.25) is 0 Å². The maximum atomic E-state index is 10.0. The molecule has 0 atom stereocenters. The minimum absolute atomic E-state index is 0.0394. The van der Waals surface area contributed by atoms with Crippen LogP contribution in [0.25, 0.3) is 0 Å². The Labute approximate surface area is 101 Å². The van der Waals surface area contributed by atoms with E-state index < -0.39 is 5.97 Å². The SMILES string of the molecule is CCN(CC)CC.O=C(O)Cc1nccs1. The highest BCUT2D eigenvalue weighted by molar-refractivity contribution is 7.09. The molecule has 5 heteroatoms. The first-order valence-corrected chi connectivity index (χ1v) is 6.34. The first kappa shape index (κ1) is 15.1. The van der Waals surface area contributed by atoms with Gasteiger partial charge in [-0.25, -0.2) is 4.98 Å². The van der Waals surface area contributed by atoms with Gasteiger partial charge in [0.25, 0.3) is 0 Å². The van der Waals surface area contributed by atoms with Crippen LogP contribution >= 0.6 is 11.3 Å². The van der Waals surface area contributed by atoms with E-state index in [0.29, 0.717) is 5.01 Å². The molecule has 0 spiro atoms. The molecule has 0 unspecified atom stereocenters. The third-order valence-electron chi connectivity index (χ3n) is 2.13. The monoisotopic (exact) mass is 244 g/mol. The van der Waals surface area contributed by atoms with E-state index in [1.807, 2.05) is 0 Å². The van der Waals surface area contributed by atoms with E-state index in [-0.39, 0.29) is 6.42 Å². The van der Waals surface area contributed by atoms with Gasteiger partial charge in [-0.3, -0.25) is 4.79 Å². The Morgan fingerprint density at radius 1 is 1.38 bits per heavy atom. The summed E-state index contributed by atoms with van der Waals surface area (Å²) in [4.78, 5) is 16.2. The number of aromatic nitrogens is 1. The van der Waals surface area contributed by atoms with Crippen molar-refractivity contribution in [2.75, 3.05) is 19.6 Å². The highest BCUT2D eigenvalue weighted by Crippen LogP contribution is 2.03. The zero-order chi connectivity index (χ0) is 12.4. The van der Waals surface area contributed by atoms with E-state index in [9.17, 15) is 4.79 Å². The van der Waals surface area contributed by atoms with Gasteiger partial charge in [0.15, 0.2) is 0 Å². The Kier molecular flexibility index (Phi) is 8.75. The molecule has 1 aromatic heterocycles. The second-order valence-corrected chi connectivity index (χ2v) is 4.09. The smallest absolute Gasteiger partial charge is 0.310 e. The van der Waals surface area contributed by atoms with Crippen molar-refractivity contribution in [3.05, 3.63) is 16.6 Å². The van der Waals surface area contributed by atoms with Gasteiger partial charge in [-0.2, -0.15) is 0 Å². The fourth-order valence-corrected chi connectivity index (χ4v) is 1.75. The van der Waals surface area contributed by atoms with Crippen LogP contribution in [0, 0.1) is 0 Å². The highest BCUT2D eigenvalue weighted by atomic mass is 32.1. The summed E-state index contributed by atoms with van der Waals surface area (Å²) in [5, 5.41) is 10.7. The summed E-state index contributed by atoms with van der Waals surface area (Å²) in [5.41, 5.74) is 0. The first-order valence-electron chi connectivity index (χ1n) is 5.46. The minimum Gasteiger partial charge on any atom is -0.481 e. The van der Waals surface area contributed by atoms with Gasteiger partial charge in [0.1, 0.15) is 5.01 Å². The summed E-state index contributed by atoms with van der Waals surface area (Å²) in [6.45, 7) is 10.1. The topological polar surface area (TPSA) is 53.4 Å². The molecule has 0 amide bonds. The van der Waals surface area contributed by atoms with Crippen LogP contribution in [0.5, 0.6) is 0 Å². The normalized spacial score (nSPS) is 9.75. The Morgan fingerprint density at radius 2 is 1.94 bits per heavy atom. The van der Waals surface area contributed by atoms with Crippen molar-refractivity contribution >= 4 is 17.3 Å². The highest BCUT2D eigenvalue weighted by Gasteiger charge is 2.00. The number of thiazole rings is 1. The molecule has 4 nitrogen and oxygen atoms in total. The summed E-state index contributed by atoms with van der Waals surface area (Å²) < 4.78 is 0. The van der Waals surface area contributed by atoms with Gasteiger partial charge in [0, 0.05) is 11.6 Å². The molecule has 0 fully saturated rings. The molecular formula is C11H20N2O2S. The lowest BCUT2D eigenvalue weighted by Crippen LogP contribution is -2.21. The van der Waals surface area contributed by atoms with Crippen LogP contribution in [-0.2, 0) is 11.2 Å². The molecular weight excluding hydrogens is 224 g/mol. The Hall–Kier alpha value is -0.940. The number of hydrogen-bond donors (Lipinski definition) is 1. The third-order valence-corrected chi connectivity index (χ3v) is 2.91. The number of rotatable bonds is 5. The second-order valence-electron chi connectivity index (χ2n) is 3.12. The fourth-order valence-electron chi connectivity index (χ4n) is 1.14. The first-order chi connectivity index (χ1) is 7.63. The maximum absolute atomic E-state index is 10.0. The van der Waals surface area contributed by atoms with Crippen molar-refractivity contribution in [2.45, 2.75) is 27.2 Å². The van der Waals surface area contributed by atoms with E-state index >= 15 is 0 Å². The molecule has 0 bridgehead atoms. The van der Waals surface area contributed by atoms with E-state index in [2.05, 4.69) is 30.7 Å². The number of carbonyl (C=O) groups is 1. The minimum atomic E-state index is -0.829. The molecule has 0 aliphatic heterocycles. The molecule has 1 heterocycles. The van der Waals surface area contributed by atoms with Crippen LogP contribution in [0.2, 0.25) is 0 Å². The molecule has 1 N–H and O–H groups in total. The predicted molar refractivity (Wildman–Crippen MR) is 66.9 cm³/mol. The van der Waals surface area contributed by atoms with Crippen LogP contribution in [-0.4, -0.2) is 40.6 Å². The van der Waals surface area contributed by atoms with Crippen LogP contribution in [0.3, 0.4) is 0 Å². The third kappa shape index (κ3) is 7.36. The van der Waals surface area contributed by atoms with Crippen molar-refractivity contribution in [1.29, 1.82) is 0 Å². The average molecular weight is 244 g/mol. The lowest BCUT2D eigenvalue weighted by molar-refractivity contribution is -0.136. The van der Waals surface area contributed by atoms with Gasteiger partial charge < -0.3 is 10.0 Å². The van der Waals surface area contributed by atoms with Gasteiger partial charge >= 0.3 is 5.97 Å². The predicted octanol–water partition coefficient (Wildman–Crippen LogP) is 2.12. The van der Waals surface area contributed by atoms with Crippen LogP contribution in [0.15, 0.2) is 11.6 Å². The van der Waals surface area contributed by atoms with E-state index in [0.717, 1.165) is 0 Å². The van der Waals surface area contributed by atoms with Gasteiger partial charge in [-0.1, -0.05) is 20.8 Å². The number of carboxylic acids is 1. The molecule has 1 rings (SSSR count). The zero-order valence-electron chi connectivity index (χ0n) is 10.1. The van der Waals surface area contributed by atoms with Crippen molar-refractivity contribution in [3.63, 3.8) is 0 Å². The molecule has 0 aliphatic carbocycles. The number of carboxylic acid groups (broad SMARTS) is 1. The lowest BCUT2D eigenvalue weighted by Gasteiger charge is -2.13. The van der Waals surface area contributed by atoms with Gasteiger partial charge in [0.05, 0.1) is 6.42 Å². The molecule has 0 saturated carbocycles. The molecule has 0 aliphatic rings. The fraction of sp³-hybridized carbons (Fsp3) is 0.636. The van der Waals surface area contributed by atoms with Crippen molar-refractivity contribution < 1.29 is 9.90 Å². The van der Waals surface area contributed by atoms with E-state index in [4.69, 9.17) is 5.11 Å². The zero-order valence-corrected chi connectivity index (χ0v) is 11.0. The number of hydrogen-bond acceptors (Lipinski definition) is 4. The lowest BCUT2D eigenvalue weighted by atomic mass is 10.5. The van der Waals surface area contributed by atoms with Crippen molar-refractivity contribution in [2.24, 2.45) is 0 Å². The van der Waals surface area contributed by atoms with Crippen molar-refractivity contribution in [1.82, 2.24) is 9.88 Å². The average Bonchev–Trinajstić information content (AvgIpc) is 2.73. The Bertz CT molecular complexity index is 266. The number of aliphatic carboxylic acids is 1.